The van der Waals surface area contributed by atoms with Crippen molar-refractivity contribution < 1.29 is 9.53 Å². The quantitative estimate of drug-likeness (QED) is 0.782. The monoisotopic (exact) mass is 223 g/mol. The maximum Gasteiger partial charge on any atom is 0.412 e. The maximum atomic E-state index is 11.3. The molecule has 0 saturated heterocycles. The molecule has 80 valence electrons. The zero-order valence-electron chi connectivity index (χ0n) is 8.53. The molecule has 0 spiro atoms. The molecular formula is C11H13NO2S. The van der Waals surface area contributed by atoms with E-state index in [1.807, 2.05) is 30.6 Å². The lowest BCUT2D eigenvalue weighted by Gasteiger charge is -2.17. The molecule has 0 aromatic heterocycles. The Bertz CT molecular complexity index is 358. The molecule has 0 aromatic rings. The third kappa shape index (κ3) is 2.26. The van der Waals surface area contributed by atoms with Gasteiger partial charge in [-0.1, -0.05) is 6.08 Å². The number of ether oxygens (including phenoxy) is 1. The summed E-state index contributed by atoms with van der Waals surface area (Å²) < 4.78 is 5.22. The molecule has 0 fully saturated rings. The standard InChI is InChI=1S/C11H13NO2S/c1-2-12-11(13)14-9-4-3-5-10-8(9)6-7-15-10/h3-4,6-7,10H,2,5H2,1H3,(H,12,13)/t10-/m1/s1. The van der Waals surface area contributed by atoms with Gasteiger partial charge in [0, 0.05) is 17.4 Å². The van der Waals surface area contributed by atoms with Gasteiger partial charge in [-0.15, -0.1) is 11.8 Å². The Morgan fingerprint density at radius 3 is 3.33 bits per heavy atom. The minimum absolute atomic E-state index is 0.379. The van der Waals surface area contributed by atoms with Crippen molar-refractivity contribution in [3.8, 4) is 0 Å². The van der Waals surface area contributed by atoms with Crippen LogP contribution in [0.25, 0.3) is 0 Å². The summed E-state index contributed by atoms with van der Waals surface area (Å²) in [5.41, 5.74) is 1.12. The van der Waals surface area contributed by atoms with Crippen LogP contribution >= 0.6 is 11.8 Å². The lowest BCUT2D eigenvalue weighted by Crippen LogP contribution is -2.24. The van der Waals surface area contributed by atoms with Gasteiger partial charge in [-0.3, -0.25) is 0 Å². The zero-order chi connectivity index (χ0) is 10.7. The molecule has 0 aromatic carbocycles. The SMILES string of the molecule is CCNC(=O)OC1=C2C=CS[C@@H]2CC=C1. The zero-order valence-corrected chi connectivity index (χ0v) is 9.34. The van der Waals surface area contributed by atoms with Crippen LogP contribution in [0.3, 0.4) is 0 Å². The predicted molar refractivity (Wildman–Crippen MR) is 61.5 cm³/mol. The van der Waals surface area contributed by atoms with Crippen molar-refractivity contribution in [1.82, 2.24) is 5.32 Å². The van der Waals surface area contributed by atoms with E-state index in [9.17, 15) is 4.79 Å². The van der Waals surface area contributed by atoms with E-state index in [2.05, 4.69) is 5.32 Å². The molecule has 1 heterocycles. The first-order valence-corrected chi connectivity index (χ1v) is 5.94. The molecule has 1 atom stereocenters. The highest BCUT2D eigenvalue weighted by Crippen LogP contribution is 2.37. The third-order valence-corrected chi connectivity index (χ3v) is 3.33. The molecule has 1 aliphatic carbocycles. The van der Waals surface area contributed by atoms with E-state index in [1.54, 1.807) is 11.8 Å². The first kappa shape index (κ1) is 10.4. The smallest absolute Gasteiger partial charge is 0.410 e. The molecule has 2 aliphatic rings. The predicted octanol–water partition coefficient (Wildman–Crippen LogP) is 2.58. The maximum absolute atomic E-state index is 11.3. The van der Waals surface area contributed by atoms with Gasteiger partial charge in [-0.25, -0.2) is 4.79 Å². The van der Waals surface area contributed by atoms with Crippen molar-refractivity contribution in [3.05, 3.63) is 35.0 Å². The molecule has 0 unspecified atom stereocenters. The van der Waals surface area contributed by atoms with Gasteiger partial charge < -0.3 is 10.1 Å². The number of fused-ring (bicyclic) bond motifs is 1. The van der Waals surface area contributed by atoms with E-state index in [0.717, 1.165) is 12.0 Å². The Balaban J connectivity index is 2.10. The topological polar surface area (TPSA) is 38.3 Å². The second kappa shape index (κ2) is 4.57. The van der Waals surface area contributed by atoms with Gasteiger partial charge >= 0.3 is 6.09 Å². The van der Waals surface area contributed by atoms with Crippen LogP contribution in [-0.2, 0) is 4.74 Å². The van der Waals surface area contributed by atoms with Crippen molar-refractivity contribution >= 4 is 17.9 Å². The first-order valence-electron chi connectivity index (χ1n) is 4.99. The van der Waals surface area contributed by atoms with Gasteiger partial charge in [-0.2, -0.15) is 0 Å². The number of rotatable bonds is 2. The fourth-order valence-corrected chi connectivity index (χ4v) is 2.56. The number of nitrogens with one attached hydrogen (secondary N) is 1. The number of carbonyl (C=O) groups excluding carboxylic acids is 1. The number of allylic oxidation sites excluding steroid dienone is 3. The van der Waals surface area contributed by atoms with Crippen LogP contribution in [0.1, 0.15) is 13.3 Å². The normalized spacial score (nSPS) is 22.9. The fraction of sp³-hybridized carbons (Fsp3) is 0.364. The number of amides is 1. The molecule has 4 heteroatoms. The van der Waals surface area contributed by atoms with Crippen LogP contribution < -0.4 is 5.32 Å². The third-order valence-electron chi connectivity index (χ3n) is 2.26. The highest BCUT2D eigenvalue weighted by atomic mass is 32.2. The summed E-state index contributed by atoms with van der Waals surface area (Å²) in [6.07, 6.45) is 6.57. The summed E-state index contributed by atoms with van der Waals surface area (Å²) in [5, 5.41) is 5.09. The van der Waals surface area contributed by atoms with Gasteiger partial charge in [0.2, 0.25) is 0 Å². The van der Waals surface area contributed by atoms with Gasteiger partial charge in [-0.05, 0) is 30.9 Å². The highest BCUT2D eigenvalue weighted by molar-refractivity contribution is 8.03. The van der Waals surface area contributed by atoms with Gasteiger partial charge in [0.1, 0.15) is 5.76 Å². The fourth-order valence-electron chi connectivity index (χ4n) is 1.58. The van der Waals surface area contributed by atoms with Crippen LogP contribution in [0.4, 0.5) is 4.79 Å². The van der Waals surface area contributed by atoms with Crippen molar-refractivity contribution in [2.75, 3.05) is 6.54 Å². The van der Waals surface area contributed by atoms with Crippen molar-refractivity contribution in [3.63, 3.8) is 0 Å². The van der Waals surface area contributed by atoms with Gasteiger partial charge in [0.15, 0.2) is 0 Å². The number of thioether (sulfide) groups is 1. The van der Waals surface area contributed by atoms with Crippen molar-refractivity contribution in [1.29, 1.82) is 0 Å². The molecule has 1 N–H and O–H groups in total. The molecule has 0 radical (unpaired) electrons. The summed E-state index contributed by atoms with van der Waals surface area (Å²) >= 11 is 1.77. The van der Waals surface area contributed by atoms with E-state index in [0.29, 0.717) is 17.6 Å². The second-order valence-corrected chi connectivity index (χ2v) is 4.42. The number of hydrogen-bond donors (Lipinski definition) is 1. The highest BCUT2D eigenvalue weighted by Gasteiger charge is 2.23. The number of alkyl carbamates (subject to hydrolysis) is 1. The first-order chi connectivity index (χ1) is 7.31. The molecule has 0 bridgehead atoms. The van der Waals surface area contributed by atoms with Crippen molar-refractivity contribution in [2.45, 2.75) is 18.6 Å². The Morgan fingerprint density at radius 1 is 1.67 bits per heavy atom. The van der Waals surface area contributed by atoms with E-state index in [4.69, 9.17) is 4.74 Å². The van der Waals surface area contributed by atoms with Crippen LogP contribution in [0.5, 0.6) is 0 Å². The van der Waals surface area contributed by atoms with E-state index >= 15 is 0 Å². The Hall–Kier alpha value is -1.16. The second-order valence-electron chi connectivity index (χ2n) is 3.30. The summed E-state index contributed by atoms with van der Waals surface area (Å²) in [6.45, 7) is 2.45. The van der Waals surface area contributed by atoms with Crippen LogP contribution in [0, 0.1) is 0 Å². The Kier molecular flexibility index (Phi) is 3.16. The average molecular weight is 223 g/mol. The number of carbonyl (C=O) groups is 1. The van der Waals surface area contributed by atoms with Crippen LogP contribution in [0.2, 0.25) is 0 Å². The minimum Gasteiger partial charge on any atom is -0.410 e. The summed E-state index contributed by atoms with van der Waals surface area (Å²) in [5.74, 6) is 0.679. The van der Waals surface area contributed by atoms with E-state index in [1.165, 1.54) is 0 Å². The molecule has 3 nitrogen and oxygen atoms in total. The minimum atomic E-state index is -0.379. The molecule has 1 aliphatic heterocycles. The molecule has 1 amide bonds. The Morgan fingerprint density at radius 2 is 2.53 bits per heavy atom. The summed E-state index contributed by atoms with van der Waals surface area (Å²) in [4.78, 5) is 11.3. The molecular weight excluding hydrogens is 210 g/mol. The summed E-state index contributed by atoms with van der Waals surface area (Å²) in [6, 6.07) is 0. The Labute approximate surface area is 93.3 Å². The van der Waals surface area contributed by atoms with Gasteiger partial charge in [0.05, 0.1) is 0 Å². The molecule has 0 saturated carbocycles. The van der Waals surface area contributed by atoms with Crippen LogP contribution in [0.15, 0.2) is 35.0 Å². The van der Waals surface area contributed by atoms with Crippen molar-refractivity contribution in [2.24, 2.45) is 0 Å². The number of hydrogen-bond acceptors (Lipinski definition) is 3. The van der Waals surface area contributed by atoms with E-state index < -0.39 is 0 Å². The largest absolute Gasteiger partial charge is 0.412 e. The molecule has 2 rings (SSSR count). The molecule has 15 heavy (non-hydrogen) atoms. The lowest BCUT2D eigenvalue weighted by molar-refractivity contribution is 0.178. The average Bonchev–Trinajstić information content (AvgIpc) is 2.67. The van der Waals surface area contributed by atoms with E-state index in [-0.39, 0.29) is 6.09 Å². The lowest BCUT2D eigenvalue weighted by atomic mass is 10.0. The van der Waals surface area contributed by atoms with Gasteiger partial charge in [0.25, 0.3) is 0 Å². The summed E-state index contributed by atoms with van der Waals surface area (Å²) in [7, 11) is 0. The van der Waals surface area contributed by atoms with Crippen LogP contribution in [-0.4, -0.2) is 17.9 Å².